The van der Waals surface area contributed by atoms with Crippen molar-refractivity contribution in [2.75, 3.05) is 5.32 Å². The van der Waals surface area contributed by atoms with Crippen LogP contribution in [0, 0.1) is 17.0 Å². The predicted molar refractivity (Wildman–Crippen MR) is 96.7 cm³/mol. The summed E-state index contributed by atoms with van der Waals surface area (Å²) < 4.78 is 5.15. The number of aromatic nitrogens is 1. The fraction of sp³-hybridized carbons (Fsp3) is 0.125. The van der Waals surface area contributed by atoms with E-state index < -0.39 is 10.9 Å². The lowest BCUT2D eigenvalue weighted by atomic mass is 10.2. The van der Waals surface area contributed by atoms with Crippen LogP contribution in [0.15, 0.2) is 41.8 Å². The highest BCUT2D eigenvalue weighted by Crippen LogP contribution is 2.25. The van der Waals surface area contributed by atoms with Gasteiger partial charge in [-0.05, 0) is 25.1 Å². The number of thiazole rings is 1. The van der Waals surface area contributed by atoms with Crippen molar-refractivity contribution in [2.24, 2.45) is 0 Å². The topological polar surface area (TPSA) is 94.4 Å². The highest BCUT2D eigenvalue weighted by atomic mass is 32.1. The molecule has 2 aromatic heterocycles. The minimum atomic E-state index is -0.598. The maximum atomic E-state index is 11.9. The van der Waals surface area contributed by atoms with Crippen molar-refractivity contribution < 1.29 is 14.5 Å². The predicted octanol–water partition coefficient (Wildman–Crippen LogP) is 4.52. The average molecular weight is 375 g/mol. The molecule has 0 unspecified atom stereocenters. The second-order valence-corrected chi connectivity index (χ2v) is 7.03. The number of aryl methyl sites for hydroxylation is 1. The number of nitro groups is 1. The van der Waals surface area contributed by atoms with Gasteiger partial charge in [0.25, 0.3) is 0 Å². The monoisotopic (exact) mass is 375 g/mol. The van der Waals surface area contributed by atoms with Gasteiger partial charge in [-0.1, -0.05) is 29.0 Å². The van der Waals surface area contributed by atoms with Crippen LogP contribution >= 0.6 is 22.7 Å². The molecule has 1 aromatic carbocycles. The smallest absolute Gasteiger partial charge is 0.348 e. The quantitative estimate of drug-likeness (QED) is 0.387. The zero-order chi connectivity index (χ0) is 17.8. The Bertz CT molecular complexity index is 902. The first-order valence-electron chi connectivity index (χ1n) is 7.21. The number of carbonyl (C=O) groups excluding carboxylic acids is 1. The maximum absolute atomic E-state index is 11.9. The van der Waals surface area contributed by atoms with Crippen LogP contribution in [0.25, 0.3) is 0 Å². The Kier molecular flexibility index (Phi) is 5.05. The molecule has 0 aliphatic heterocycles. The largest absolute Gasteiger partial charge is 0.455 e. The number of anilines is 2. The Morgan fingerprint density at radius 1 is 1.28 bits per heavy atom. The van der Waals surface area contributed by atoms with Crippen LogP contribution in [-0.4, -0.2) is 15.9 Å². The van der Waals surface area contributed by atoms with Crippen molar-refractivity contribution in [3.8, 4) is 0 Å². The second-order valence-electron chi connectivity index (χ2n) is 5.11. The zero-order valence-corrected chi connectivity index (χ0v) is 14.7. The van der Waals surface area contributed by atoms with Crippen LogP contribution in [0.1, 0.15) is 20.9 Å². The molecule has 9 heteroatoms. The summed E-state index contributed by atoms with van der Waals surface area (Å²) in [7, 11) is 0. The lowest BCUT2D eigenvalue weighted by Crippen LogP contribution is -2.03. The van der Waals surface area contributed by atoms with Crippen LogP contribution in [0.3, 0.4) is 0 Å². The van der Waals surface area contributed by atoms with Gasteiger partial charge in [-0.25, -0.2) is 9.78 Å². The number of hydrogen-bond acceptors (Lipinski definition) is 8. The van der Waals surface area contributed by atoms with Gasteiger partial charge in [0.05, 0.1) is 10.6 Å². The normalized spacial score (nSPS) is 10.4. The first kappa shape index (κ1) is 17.1. The van der Waals surface area contributed by atoms with Crippen molar-refractivity contribution >= 4 is 44.5 Å². The van der Waals surface area contributed by atoms with E-state index in [0.29, 0.717) is 10.8 Å². The number of rotatable bonds is 6. The number of nitrogens with zero attached hydrogens (tertiary/aromatic N) is 2. The molecule has 7 nitrogen and oxygen atoms in total. The molecule has 0 saturated heterocycles. The fourth-order valence-electron chi connectivity index (χ4n) is 1.94. The summed E-state index contributed by atoms with van der Waals surface area (Å²) >= 11 is 2.19. The van der Waals surface area contributed by atoms with E-state index in [-0.39, 0.29) is 16.5 Å². The minimum Gasteiger partial charge on any atom is -0.455 e. The van der Waals surface area contributed by atoms with Gasteiger partial charge >= 0.3 is 11.0 Å². The molecule has 0 aliphatic carbocycles. The Morgan fingerprint density at radius 2 is 2.04 bits per heavy atom. The molecule has 1 N–H and O–H groups in total. The lowest BCUT2D eigenvalue weighted by Gasteiger charge is -2.02. The Hall–Kier alpha value is -2.78. The third-order valence-electron chi connectivity index (χ3n) is 3.18. The number of nitrogens with one attached hydrogen (secondary N) is 1. The van der Waals surface area contributed by atoms with Crippen molar-refractivity contribution in [3.05, 3.63) is 68.0 Å². The molecule has 2 heterocycles. The van der Waals surface area contributed by atoms with Gasteiger partial charge in [-0.15, -0.1) is 11.3 Å². The van der Waals surface area contributed by atoms with E-state index in [4.69, 9.17) is 4.74 Å². The molecule has 0 aliphatic rings. The summed E-state index contributed by atoms with van der Waals surface area (Å²) in [5, 5.41) is 16.2. The van der Waals surface area contributed by atoms with Crippen LogP contribution in [0.4, 0.5) is 15.8 Å². The zero-order valence-electron chi connectivity index (χ0n) is 13.1. The van der Waals surface area contributed by atoms with Crippen molar-refractivity contribution in [1.82, 2.24) is 4.98 Å². The highest BCUT2D eigenvalue weighted by Gasteiger charge is 2.16. The molecule has 25 heavy (non-hydrogen) atoms. The summed E-state index contributed by atoms with van der Waals surface area (Å²) in [4.78, 5) is 26.6. The Balaban J connectivity index is 1.56. The molecule has 0 bridgehead atoms. The molecule has 0 saturated carbocycles. The van der Waals surface area contributed by atoms with Gasteiger partial charge in [0.15, 0.2) is 5.13 Å². The first-order chi connectivity index (χ1) is 12.0. The minimum absolute atomic E-state index is 0.0105. The van der Waals surface area contributed by atoms with Crippen LogP contribution < -0.4 is 5.32 Å². The molecule has 0 spiro atoms. The third-order valence-corrected chi connectivity index (χ3v) is 5.00. The molecule has 0 atom stereocenters. The molecule has 0 radical (unpaired) electrons. The molecule has 0 fully saturated rings. The van der Waals surface area contributed by atoms with Gasteiger partial charge in [-0.2, -0.15) is 0 Å². The number of esters is 1. The van der Waals surface area contributed by atoms with Crippen LogP contribution in [-0.2, 0) is 11.3 Å². The number of hydrogen-bond donors (Lipinski definition) is 1. The van der Waals surface area contributed by atoms with E-state index >= 15 is 0 Å². The molecule has 3 aromatic rings. The summed E-state index contributed by atoms with van der Waals surface area (Å²) in [6.07, 6.45) is 0. The van der Waals surface area contributed by atoms with E-state index in [0.717, 1.165) is 17.0 Å². The van der Waals surface area contributed by atoms with Crippen LogP contribution in [0.5, 0.6) is 0 Å². The first-order valence-corrected chi connectivity index (χ1v) is 8.90. The number of benzene rings is 1. The molecular weight excluding hydrogens is 362 g/mol. The molecule has 0 amide bonds. The Labute approximate surface area is 151 Å². The second kappa shape index (κ2) is 7.41. The van der Waals surface area contributed by atoms with Gasteiger partial charge in [0.1, 0.15) is 11.5 Å². The van der Waals surface area contributed by atoms with E-state index in [1.54, 1.807) is 5.38 Å². The van der Waals surface area contributed by atoms with Crippen molar-refractivity contribution in [1.29, 1.82) is 0 Å². The standard InChI is InChI=1S/C16H13N3O4S2/c1-10-2-4-11(5-3-10)17-16-18-12(9-24-16)8-23-15(20)13-6-7-14(25-13)19(21)22/h2-7,9H,8H2,1H3,(H,17,18). The van der Waals surface area contributed by atoms with Gasteiger partial charge in [0, 0.05) is 17.1 Å². The number of carbonyl (C=O) groups is 1. The summed E-state index contributed by atoms with van der Waals surface area (Å²) in [5.74, 6) is -0.598. The lowest BCUT2D eigenvalue weighted by molar-refractivity contribution is -0.380. The van der Waals surface area contributed by atoms with E-state index in [1.165, 1.54) is 29.0 Å². The van der Waals surface area contributed by atoms with E-state index in [2.05, 4.69) is 10.3 Å². The summed E-state index contributed by atoms with van der Waals surface area (Å²) in [5.41, 5.74) is 2.71. The number of thiophene rings is 1. The van der Waals surface area contributed by atoms with Crippen molar-refractivity contribution in [3.63, 3.8) is 0 Å². The Morgan fingerprint density at radius 3 is 2.72 bits per heavy atom. The summed E-state index contributed by atoms with van der Waals surface area (Å²) in [6.45, 7) is 2.03. The van der Waals surface area contributed by atoms with Gasteiger partial charge in [-0.3, -0.25) is 10.1 Å². The average Bonchev–Trinajstić information content (AvgIpc) is 3.24. The highest BCUT2D eigenvalue weighted by molar-refractivity contribution is 7.17. The maximum Gasteiger partial charge on any atom is 0.348 e. The van der Waals surface area contributed by atoms with E-state index in [1.807, 2.05) is 31.2 Å². The molecule has 128 valence electrons. The summed E-state index contributed by atoms with van der Waals surface area (Å²) in [6, 6.07) is 10.6. The van der Waals surface area contributed by atoms with Gasteiger partial charge < -0.3 is 10.1 Å². The molecule has 3 rings (SSSR count). The van der Waals surface area contributed by atoms with Crippen molar-refractivity contribution in [2.45, 2.75) is 13.5 Å². The van der Waals surface area contributed by atoms with Gasteiger partial charge in [0.2, 0.25) is 0 Å². The van der Waals surface area contributed by atoms with E-state index in [9.17, 15) is 14.9 Å². The fourth-order valence-corrected chi connectivity index (χ4v) is 3.37. The third kappa shape index (κ3) is 4.40. The SMILES string of the molecule is Cc1ccc(Nc2nc(COC(=O)c3ccc([N+](=O)[O-])s3)cs2)cc1. The molecular formula is C16H13N3O4S2. The number of ether oxygens (including phenoxy) is 1. The van der Waals surface area contributed by atoms with Crippen LogP contribution in [0.2, 0.25) is 0 Å².